The molecule has 1 saturated heterocycles. The molecule has 0 radical (unpaired) electrons. The zero-order valence-corrected chi connectivity index (χ0v) is 13.2. The molecule has 23 heavy (non-hydrogen) atoms. The van der Waals surface area contributed by atoms with Crippen molar-refractivity contribution >= 4 is 5.91 Å². The number of amides is 1. The molecular weight excluding hydrogens is 292 g/mol. The van der Waals surface area contributed by atoms with Crippen LogP contribution in [0.4, 0.5) is 0 Å². The Balaban J connectivity index is 1.62. The molecule has 120 valence electrons. The van der Waals surface area contributed by atoms with Crippen molar-refractivity contribution in [2.24, 2.45) is 0 Å². The van der Waals surface area contributed by atoms with E-state index in [4.69, 9.17) is 4.74 Å². The molecule has 0 bridgehead atoms. The van der Waals surface area contributed by atoms with E-state index in [2.05, 4.69) is 21.9 Å². The third-order valence-electron chi connectivity index (χ3n) is 3.95. The van der Waals surface area contributed by atoms with Gasteiger partial charge in [-0.1, -0.05) is 6.92 Å². The van der Waals surface area contributed by atoms with Crippen LogP contribution < -0.4 is 4.74 Å². The summed E-state index contributed by atoms with van der Waals surface area (Å²) >= 11 is 0. The van der Waals surface area contributed by atoms with Gasteiger partial charge in [0.2, 0.25) is 0 Å². The number of hydrogen-bond donors (Lipinski definition) is 0. The van der Waals surface area contributed by atoms with E-state index in [-0.39, 0.29) is 12.0 Å². The molecule has 0 N–H and O–H groups in total. The van der Waals surface area contributed by atoms with Gasteiger partial charge in [-0.3, -0.25) is 9.78 Å². The van der Waals surface area contributed by atoms with E-state index in [1.807, 2.05) is 4.90 Å². The standard InChI is InChI=1S/C17H20N4O2/c1-2-13-10-19-17(20-11-13)23-15-4-3-9-21(12-15)16(22)14-5-7-18-8-6-14/h5-8,10-11,15H,2-4,9,12H2,1H3. The summed E-state index contributed by atoms with van der Waals surface area (Å²) in [7, 11) is 0. The molecule has 1 amide bonds. The molecular formula is C17H20N4O2. The Kier molecular flexibility index (Phi) is 4.80. The third kappa shape index (κ3) is 3.83. The van der Waals surface area contributed by atoms with Gasteiger partial charge in [0.1, 0.15) is 6.10 Å². The van der Waals surface area contributed by atoms with Crippen LogP contribution in [0.2, 0.25) is 0 Å². The fourth-order valence-corrected chi connectivity index (χ4v) is 2.63. The molecule has 1 fully saturated rings. The maximum Gasteiger partial charge on any atom is 0.316 e. The Morgan fingerprint density at radius 2 is 2.04 bits per heavy atom. The van der Waals surface area contributed by atoms with Gasteiger partial charge in [-0.05, 0) is 37.0 Å². The first kappa shape index (κ1) is 15.4. The van der Waals surface area contributed by atoms with E-state index < -0.39 is 0 Å². The molecule has 1 atom stereocenters. The average molecular weight is 312 g/mol. The Bertz CT molecular complexity index is 645. The van der Waals surface area contributed by atoms with Crippen LogP contribution in [-0.4, -0.2) is 45.0 Å². The Labute approximate surface area is 135 Å². The van der Waals surface area contributed by atoms with E-state index in [9.17, 15) is 4.79 Å². The second-order valence-corrected chi connectivity index (χ2v) is 5.60. The summed E-state index contributed by atoms with van der Waals surface area (Å²) in [6.45, 7) is 3.36. The third-order valence-corrected chi connectivity index (χ3v) is 3.95. The monoisotopic (exact) mass is 312 g/mol. The number of carbonyl (C=O) groups is 1. The fraction of sp³-hybridized carbons (Fsp3) is 0.412. The second-order valence-electron chi connectivity index (χ2n) is 5.60. The highest BCUT2D eigenvalue weighted by molar-refractivity contribution is 5.94. The first-order valence-electron chi connectivity index (χ1n) is 7.93. The number of nitrogens with zero attached hydrogens (tertiary/aromatic N) is 4. The Morgan fingerprint density at radius 3 is 2.74 bits per heavy atom. The maximum atomic E-state index is 12.5. The molecule has 0 spiro atoms. The second kappa shape index (κ2) is 7.17. The number of rotatable bonds is 4. The van der Waals surface area contributed by atoms with Crippen LogP contribution in [0.5, 0.6) is 6.01 Å². The Morgan fingerprint density at radius 1 is 1.30 bits per heavy atom. The first-order valence-corrected chi connectivity index (χ1v) is 7.93. The van der Waals surface area contributed by atoms with Crippen LogP contribution >= 0.6 is 0 Å². The summed E-state index contributed by atoms with van der Waals surface area (Å²) in [5.41, 5.74) is 1.74. The average Bonchev–Trinajstić information content (AvgIpc) is 2.63. The zero-order chi connectivity index (χ0) is 16.1. The van der Waals surface area contributed by atoms with E-state index in [1.54, 1.807) is 36.9 Å². The highest BCUT2D eigenvalue weighted by Crippen LogP contribution is 2.17. The van der Waals surface area contributed by atoms with Crippen molar-refractivity contribution in [1.29, 1.82) is 0 Å². The molecule has 0 aliphatic carbocycles. The molecule has 1 aliphatic heterocycles. The highest BCUT2D eigenvalue weighted by atomic mass is 16.5. The van der Waals surface area contributed by atoms with Gasteiger partial charge in [0.05, 0.1) is 6.54 Å². The normalized spacial score (nSPS) is 17.8. The maximum absolute atomic E-state index is 12.5. The van der Waals surface area contributed by atoms with Crippen LogP contribution in [0.3, 0.4) is 0 Å². The van der Waals surface area contributed by atoms with Crippen LogP contribution in [0.15, 0.2) is 36.9 Å². The van der Waals surface area contributed by atoms with Crippen LogP contribution in [-0.2, 0) is 6.42 Å². The lowest BCUT2D eigenvalue weighted by Crippen LogP contribution is -2.44. The molecule has 1 aliphatic rings. The van der Waals surface area contributed by atoms with E-state index >= 15 is 0 Å². The number of pyridine rings is 1. The van der Waals surface area contributed by atoms with Crippen LogP contribution in [0.25, 0.3) is 0 Å². The quantitative estimate of drug-likeness (QED) is 0.865. The van der Waals surface area contributed by atoms with Crippen molar-refractivity contribution in [3.05, 3.63) is 48.0 Å². The smallest absolute Gasteiger partial charge is 0.316 e. The largest absolute Gasteiger partial charge is 0.458 e. The molecule has 3 heterocycles. The molecule has 6 nitrogen and oxygen atoms in total. The van der Waals surface area contributed by atoms with Gasteiger partial charge in [0, 0.05) is 36.9 Å². The molecule has 1 unspecified atom stereocenters. The van der Waals surface area contributed by atoms with Gasteiger partial charge in [0.25, 0.3) is 5.91 Å². The summed E-state index contributed by atoms with van der Waals surface area (Å²) in [5.74, 6) is 0.0166. The summed E-state index contributed by atoms with van der Waals surface area (Å²) in [6.07, 6.45) is 9.48. The van der Waals surface area contributed by atoms with Crippen molar-refractivity contribution in [2.45, 2.75) is 32.3 Å². The van der Waals surface area contributed by atoms with Crippen LogP contribution in [0, 0.1) is 0 Å². The molecule has 3 rings (SSSR count). The first-order chi connectivity index (χ1) is 11.3. The van der Waals surface area contributed by atoms with E-state index in [1.165, 1.54) is 0 Å². The zero-order valence-electron chi connectivity index (χ0n) is 13.2. The predicted octanol–water partition coefficient (Wildman–Crippen LogP) is 2.12. The van der Waals surface area contributed by atoms with Crippen molar-refractivity contribution in [2.75, 3.05) is 13.1 Å². The van der Waals surface area contributed by atoms with Crippen molar-refractivity contribution in [3.63, 3.8) is 0 Å². The number of ether oxygens (including phenoxy) is 1. The summed E-state index contributed by atoms with van der Waals surface area (Å²) in [4.78, 5) is 26.7. The lowest BCUT2D eigenvalue weighted by atomic mass is 10.1. The van der Waals surface area contributed by atoms with E-state index in [0.717, 1.165) is 31.4 Å². The molecule has 2 aromatic rings. The van der Waals surface area contributed by atoms with Crippen molar-refractivity contribution in [1.82, 2.24) is 19.9 Å². The van der Waals surface area contributed by atoms with Gasteiger partial charge in [0.15, 0.2) is 0 Å². The number of carbonyl (C=O) groups excluding carboxylic acids is 1. The van der Waals surface area contributed by atoms with Gasteiger partial charge < -0.3 is 9.64 Å². The van der Waals surface area contributed by atoms with Gasteiger partial charge in [-0.25, -0.2) is 9.97 Å². The highest BCUT2D eigenvalue weighted by Gasteiger charge is 2.26. The number of aromatic nitrogens is 3. The predicted molar refractivity (Wildman–Crippen MR) is 85.2 cm³/mol. The molecule has 0 aromatic carbocycles. The summed E-state index contributed by atoms with van der Waals surface area (Å²) in [5, 5.41) is 0. The van der Waals surface area contributed by atoms with E-state index in [0.29, 0.717) is 18.1 Å². The van der Waals surface area contributed by atoms with Gasteiger partial charge in [-0.15, -0.1) is 0 Å². The van der Waals surface area contributed by atoms with Crippen molar-refractivity contribution in [3.8, 4) is 6.01 Å². The minimum atomic E-state index is -0.0676. The molecule has 2 aromatic heterocycles. The number of piperidine rings is 1. The van der Waals surface area contributed by atoms with Crippen LogP contribution in [0.1, 0.15) is 35.7 Å². The van der Waals surface area contributed by atoms with Crippen molar-refractivity contribution < 1.29 is 9.53 Å². The molecule has 0 saturated carbocycles. The lowest BCUT2D eigenvalue weighted by molar-refractivity contribution is 0.0515. The minimum Gasteiger partial charge on any atom is -0.458 e. The topological polar surface area (TPSA) is 68.2 Å². The van der Waals surface area contributed by atoms with Gasteiger partial charge >= 0.3 is 6.01 Å². The van der Waals surface area contributed by atoms with Gasteiger partial charge in [-0.2, -0.15) is 0 Å². The lowest BCUT2D eigenvalue weighted by Gasteiger charge is -2.32. The summed E-state index contributed by atoms with van der Waals surface area (Å²) in [6, 6.07) is 3.85. The minimum absolute atomic E-state index is 0.0166. The fourth-order valence-electron chi connectivity index (χ4n) is 2.63. The molecule has 6 heteroatoms. The number of aryl methyl sites for hydroxylation is 1. The number of likely N-dealkylation sites (tertiary alicyclic amines) is 1. The summed E-state index contributed by atoms with van der Waals surface area (Å²) < 4.78 is 5.84. The Hall–Kier alpha value is -2.50. The SMILES string of the molecule is CCc1cnc(OC2CCCN(C(=O)c3ccncc3)C2)nc1. The number of hydrogen-bond acceptors (Lipinski definition) is 5.